The molecule has 0 aliphatic carbocycles. The third-order valence-electron chi connectivity index (χ3n) is 2.03. The molecule has 0 aliphatic heterocycles. The number of aromatic carboxylic acids is 1. The second-order valence-electron chi connectivity index (χ2n) is 3.36. The molecule has 0 unspecified atom stereocenters. The van der Waals surface area contributed by atoms with Gasteiger partial charge in [-0.15, -0.1) is 0 Å². The van der Waals surface area contributed by atoms with Gasteiger partial charge in [0, 0.05) is 13.2 Å². The first-order valence-corrected chi connectivity index (χ1v) is 5.09. The molecule has 0 saturated carbocycles. The van der Waals surface area contributed by atoms with Crippen molar-refractivity contribution in [1.82, 2.24) is 14.8 Å². The smallest absolute Gasteiger partial charge is 0.356 e. The van der Waals surface area contributed by atoms with Gasteiger partial charge in [-0.25, -0.2) is 9.78 Å². The number of hydrogen-bond donors (Lipinski definition) is 2. The summed E-state index contributed by atoms with van der Waals surface area (Å²) < 4.78 is 1.62. The number of nitrogens with one attached hydrogen (secondary N) is 1. The van der Waals surface area contributed by atoms with Crippen LogP contribution in [0, 0.1) is 0 Å². The molecule has 88 valence electrons. The van der Waals surface area contributed by atoms with E-state index in [1.54, 1.807) is 30.2 Å². The highest BCUT2D eigenvalue weighted by Crippen LogP contribution is 2.19. The van der Waals surface area contributed by atoms with Crippen molar-refractivity contribution in [3.05, 3.63) is 35.2 Å². The van der Waals surface area contributed by atoms with Gasteiger partial charge in [-0.1, -0.05) is 11.6 Å². The highest BCUT2D eigenvalue weighted by Gasteiger charge is 2.11. The van der Waals surface area contributed by atoms with E-state index in [-0.39, 0.29) is 10.7 Å². The van der Waals surface area contributed by atoms with Crippen molar-refractivity contribution in [3.8, 4) is 0 Å². The van der Waals surface area contributed by atoms with Crippen molar-refractivity contribution in [2.24, 2.45) is 7.05 Å². The van der Waals surface area contributed by atoms with Gasteiger partial charge in [0.25, 0.3) is 0 Å². The van der Waals surface area contributed by atoms with Crippen LogP contribution in [0.1, 0.15) is 10.5 Å². The minimum Gasteiger partial charge on any atom is -0.476 e. The maximum absolute atomic E-state index is 10.8. The summed E-state index contributed by atoms with van der Waals surface area (Å²) in [5, 5.41) is 15.9. The lowest BCUT2D eigenvalue weighted by molar-refractivity contribution is 0.0691. The maximum atomic E-state index is 10.8. The molecule has 0 aromatic carbocycles. The van der Waals surface area contributed by atoms with Crippen LogP contribution in [-0.2, 0) is 7.05 Å². The van der Waals surface area contributed by atoms with E-state index in [4.69, 9.17) is 16.7 Å². The number of carboxylic acids is 1. The lowest BCUT2D eigenvalue weighted by Crippen LogP contribution is -2.03. The van der Waals surface area contributed by atoms with Gasteiger partial charge in [0.1, 0.15) is 5.82 Å². The summed E-state index contributed by atoms with van der Waals surface area (Å²) in [6.07, 6.45) is 3.35. The van der Waals surface area contributed by atoms with Crippen LogP contribution >= 0.6 is 11.6 Å². The number of halogens is 1. The summed E-state index contributed by atoms with van der Waals surface area (Å²) in [5.74, 6) is -0.760. The summed E-state index contributed by atoms with van der Waals surface area (Å²) in [7, 11) is 1.78. The molecule has 0 radical (unpaired) electrons. The Morgan fingerprint density at radius 1 is 1.53 bits per heavy atom. The highest BCUT2D eigenvalue weighted by molar-refractivity contribution is 6.33. The van der Waals surface area contributed by atoms with E-state index in [1.165, 1.54) is 6.07 Å². The maximum Gasteiger partial charge on any atom is 0.356 e. The molecule has 0 fully saturated rings. The summed E-state index contributed by atoms with van der Waals surface area (Å²) in [4.78, 5) is 14.7. The normalized spacial score (nSPS) is 10.2. The van der Waals surface area contributed by atoms with Crippen LogP contribution in [0.15, 0.2) is 24.5 Å². The predicted molar refractivity (Wildman–Crippen MR) is 62.7 cm³/mol. The average Bonchev–Trinajstić information content (AvgIpc) is 2.66. The molecule has 0 atom stereocenters. The van der Waals surface area contributed by atoms with E-state index < -0.39 is 5.97 Å². The zero-order valence-corrected chi connectivity index (χ0v) is 9.64. The molecule has 2 N–H and O–H groups in total. The van der Waals surface area contributed by atoms with Crippen LogP contribution < -0.4 is 5.32 Å². The zero-order chi connectivity index (χ0) is 12.4. The number of carbonyl (C=O) groups is 1. The molecule has 0 bridgehead atoms. The summed E-state index contributed by atoms with van der Waals surface area (Å²) in [6, 6.07) is 3.08. The van der Waals surface area contributed by atoms with Gasteiger partial charge in [-0.2, -0.15) is 5.10 Å². The number of aryl methyl sites for hydroxylation is 1. The Morgan fingerprint density at radius 2 is 2.29 bits per heavy atom. The number of pyridine rings is 1. The molecule has 2 aromatic heterocycles. The first-order valence-electron chi connectivity index (χ1n) is 4.72. The number of anilines is 2. The van der Waals surface area contributed by atoms with E-state index in [0.717, 1.165) is 5.69 Å². The van der Waals surface area contributed by atoms with Crippen molar-refractivity contribution in [2.75, 3.05) is 5.32 Å². The summed E-state index contributed by atoms with van der Waals surface area (Å²) in [5.41, 5.74) is 0.541. The fourth-order valence-corrected chi connectivity index (χ4v) is 1.48. The molecule has 2 heterocycles. The molecule has 0 aliphatic rings. The molecule has 7 heteroatoms. The molecule has 17 heavy (non-hydrogen) atoms. The lowest BCUT2D eigenvalue weighted by atomic mass is 10.3. The standard InChI is InChI=1S/C10H9ClN4O2/c1-15-5-6(4-12-15)13-8-3-2-7(11)9(14-8)10(16)17/h2-5H,1H3,(H,13,14)(H,16,17). The van der Waals surface area contributed by atoms with Crippen LogP contribution in [0.25, 0.3) is 0 Å². The first kappa shape index (κ1) is 11.4. The van der Waals surface area contributed by atoms with Gasteiger partial charge in [-0.05, 0) is 12.1 Å². The van der Waals surface area contributed by atoms with Crippen LogP contribution in [0.2, 0.25) is 5.02 Å². The van der Waals surface area contributed by atoms with Crippen LogP contribution in [0.3, 0.4) is 0 Å². The average molecular weight is 253 g/mol. The van der Waals surface area contributed by atoms with E-state index in [9.17, 15) is 4.79 Å². The Labute approximate surface area is 102 Å². The fraction of sp³-hybridized carbons (Fsp3) is 0.100. The Kier molecular flexibility index (Phi) is 2.97. The molecule has 0 saturated heterocycles. The van der Waals surface area contributed by atoms with Crippen molar-refractivity contribution in [3.63, 3.8) is 0 Å². The van der Waals surface area contributed by atoms with Crippen molar-refractivity contribution < 1.29 is 9.90 Å². The summed E-state index contributed by atoms with van der Waals surface area (Å²) in [6.45, 7) is 0. The Hall–Kier alpha value is -2.08. The molecular weight excluding hydrogens is 244 g/mol. The molecule has 6 nitrogen and oxygen atoms in total. The largest absolute Gasteiger partial charge is 0.476 e. The molecular formula is C10H9ClN4O2. The number of rotatable bonds is 3. The number of aromatic nitrogens is 3. The van der Waals surface area contributed by atoms with Gasteiger partial charge >= 0.3 is 5.97 Å². The SMILES string of the molecule is Cn1cc(Nc2ccc(Cl)c(C(=O)O)n2)cn1. The van der Waals surface area contributed by atoms with E-state index in [1.807, 2.05) is 0 Å². The van der Waals surface area contributed by atoms with E-state index in [0.29, 0.717) is 5.82 Å². The third kappa shape index (κ3) is 2.54. The summed E-state index contributed by atoms with van der Waals surface area (Å²) >= 11 is 5.71. The van der Waals surface area contributed by atoms with Gasteiger partial charge in [0.15, 0.2) is 5.69 Å². The van der Waals surface area contributed by atoms with Crippen molar-refractivity contribution in [2.45, 2.75) is 0 Å². The second-order valence-corrected chi connectivity index (χ2v) is 3.77. The minimum absolute atomic E-state index is 0.106. The molecule has 0 spiro atoms. The van der Waals surface area contributed by atoms with Crippen LogP contribution in [-0.4, -0.2) is 25.8 Å². The van der Waals surface area contributed by atoms with Crippen LogP contribution in [0.4, 0.5) is 11.5 Å². The number of carboxylic acid groups (broad SMARTS) is 1. The van der Waals surface area contributed by atoms with Crippen molar-refractivity contribution >= 4 is 29.1 Å². The molecule has 0 amide bonds. The Balaban J connectivity index is 2.28. The fourth-order valence-electron chi connectivity index (χ4n) is 1.30. The lowest BCUT2D eigenvalue weighted by Gasteiger charge is -2.04. The topological polar surface area (TPSA) is 80.0 Å². The second kappa shape index (κ2) is 4.42. The Bertz CT molecular complexity index is 567. The predicted octanol–water partition coefficient (Wildman–Crippen LogP) is 1.91. The van der Waals surface area contributed by atoms with Gasteiger partial charge in [0.05, 0.1) is 16.9 Å². The van der Waals surface area contributed by atoms with Gasteiger partial charge < -0.3 is 10.4 Å². The first-order chi connectivity index (χ1) is 8.06. The quantitative estimate of drug-likeness (QED) is 0.872. The van der Waals surface area contributed by atoms with Crippen molar-refractivity contribution in [1.29, 1.82) is 0 Å². The monoisotopic (exact) mass is 252 g/mol. The van der Waals surface area contributed by atoms with Gasteiger partial charge in [0.2, 0.25) is 0 Å². The zero-order valence-electron chi connectivity index (χ0n) is 8.88. The van der Waals surface area contributed by atoms with Crippen LogP contribution in [0.5, 0.6) is 0 Å². The van der Waals surface area contributed by atoms with Gasteiger partial charge in [-0.3, -0.25) is 4.68 Å². The molecule has 2 aromatic rings. The number of hydrogen-bond acceptors (Lipinski definition) is 4. The highest BCUT2D eigenvalue weighted by atomic mass is 35.5. The van der Waals surface area contributed by atoms with E-state index >= 15 is 0 Å². The molecule has 2 rings (SSSR count). The van der Waals surface area contributed by atoms with E-state index in [2.05, 4.69) is 15.4 Å². The third-order valence-corrected chi connectivity index (χ3v) is 2.33. The minimum atomic E-state index is -1.16. The Morgan fingerprint density at radius 3 is 2.88 bits per heavy atom. The number of nitrogens with zero attached hydrogens (tertiary/aromatic N) is 3.